The van der Waals surface area contributed by atoms with E-state index in [2.05, 4.69) is 28.7 Å². The quantitative estimate of drug-likeness (QED) is 0.352. The number of halogens is 1. The van der Waals surface area contributed by atoms with Crippen molar-refractivity contribution >= 4 is 39.4 Å². The minimum Gasteiger partial charge on any atom is -0.472 e. The number of aromatic amines is 1. The molecule has 4 heterocycles. The molecule has 1 N–H and O–H groups in total. The van der Waals surface area contributed by atoms with Gasteiger partial charge in [0.25, 0.3) is 5.88 Å². The van der Waals surface area contributed by atoms with Crippen molar-refractivity contribution in [2.75, 3.05) is 33.3 Å². The zero-order valence-corrected chi connectivity index (χ0v) is 22.9. The van der Waals surface area contributed by atoms with Gasteiger partial charge in [-0.15, -0.1) is 0 Å². The zero-order valence-electron chi connectivity index (χ0n) is 22.1. The third-order valence-corrected chi connectivity index (χ3v) is 8.39. The van der Waals surface area contributed by atoms with Crippen LogP contribution in [-0.2, 0) is 11.3 Å². The Morgan fingerprint density at radius 3 is 2.87 bits per heavy atom. The predicted octanol–water partition coefficient (Wildman–Crippen LogP) is 4.02. The van der Waals surface area contributed by atoms with E-state index in [1.807, 2.05) is 31.2 Å². The van der Waals surface area contributed by atoms with Crippen molar-refractivity contribution in [1.29, 1.82) is 0 Å². The highest BCUT2D eigenvalue weighted by molar-refractivity contribution is 6.34. The minimum atomic E-state index is -0.284. The number of likely N-dealkylation sites (N-methyl/N-ethyl adjacent to an activating group) is 1. The number of ether oxygens (including phenoxy) is 1. The topological polar surface area (TPSA) is 96.4 Å². The van der Waals surface area contributed by atoms with Gasteiger partial charge in [0, 0.05) is 42.5 Å². The Labute approximate surface area is 231 Å². The molecule has 2 aliphatic heterocycles. The highest BCUT2D eigenvalue weighted by atomic mass is 35.5. The van der Waals surface area contributed by atoms with Crippen molar-refractivity contribution in [3.63, 3.8) is 0 Å². The van der Waals surface area contributed by atoms with Gasteiger partial charge >= 0.3 is 5.56 Å². The van der Waals surface area contributed by atoms with Gasteiger partial charge in [-0.05, 0) is 68.8 Å². The molecule has 1 amide bonds. The maximum atomic E-state index is 13.7. The van der Waals surface area contributed by atoms with Gasteiger partial charge in [0.15, 0.2) is 0 Å². The lowest BCUT2D eigenvalue weighted by molar-refractivity contribution is -0.132. The number of likely N-dealkylation sites (tertiary alicyclic amines) is 2. The van der Waals surface area contributed by atoms with Crippen LogP contribution >= 0.6 is 11.6 Å². The number of rotatable bonds is 7. The fourth-order valence-electron chi connectivity index (χ4n) is 5.81. The van der Waals surface area contributed by atoms with Crippen LogP contribution in [0.1, 0.15) is 18.4 Å². The van der Waals surface area contributed by atoms with Gasteiger partial charge in [-0.2, -0.15) is 5.10 Å². The molecule has 0 unspecified atom stereocenters. The van der Waals surface area contributed by atoms with Crippen LogP contribution in [0.25, 0.3) is 33.1 Å². The monoisotopic (exact) mass is 546 g/mol. The number of hydrogen-bond donors (Lipinski definition) is 1. The van der Waals surface area contributed by atoms with Gasteiger partial charge < -0.3 is 19.1 Å². The second-order valence-electron chi connectivity index (χ2n) is 10.6. The van der Waals surface area contributed by atoms with E-state index in [4.69, 9.17) is 21.3 Å². The summed E-state index contributed by atoms with van der Waals surface area (Å²) in [5.74, 6) is 0.124. The molecule has 1 atom stereocenters. The number of carbonyl (C=O) groups is 1. The Hall–Kier alpha value is -3.69. The van der Waals surface area contributed by atoms with Crippen LogP contribution in [0.2, 0.25) is 5.02 Å². The number of aryl methyl sites for hydroxylation is 1. The number of nitrogens with zero attached hydrogens (tertiary/aromatic N) is 5. The lowest BCUT2D eigenvalue weighted by Gasteiger charge is -2.39. The fourth-order valence-corrected chi connectivity index (χ4v) is 6.06. The first kappa shape index (κ1) is 25.6. The maximum Gasteiger partial charge on any atom is 0.313 e. The summed E-state index contributed by atoms with van der Waals surface area (Å²) in [5.41, 5.74) is 4.75. The summed E-state index contributed by atoms with van der Waals surface area (Å²) < 4.78 is 7.80. The molecule has 10 heteroatoms. The van der Waals surface area contributed by atoms with E-state index in [-0.39, 0.29) is 29.3 Å². The average Bonchev–Trinajstić information content (AvgIpc) is 3.54. The Morgan fingerprint density at radius 2 is 2.13 bits per heavy atom. The first-order chi connectivity index (χ1) is 18.8. The lowest BCUT2D eigenvalue weighted by atomic mass is 9.96. The molecule has 4 aromatic rings. The van der Waals surface area contributed by atoms with E-state index >= 15 is 0 Å². The lowest BCUT2D eigenvalue weighted by Crippen LogP contribution is -2.51. The highest BCUT2D eigenvalue weighted by Gasteiger charge is 2.31. The predicted molar refractivity (Wildman–Crippen MR) is 152 cm³/mol. The number of aromatic nitrogens is 4. The van der Waals surface area contributed by atoms with E-state index in [0.717, 1.165) is 47.0 Å². The minimum absolute atomic E-state index is 0.0904. The molecule has 0 spiro atoms. The molecule has 0 radical (unpaired) electrons. The summed E-state index contributed by atoms with van der Waals surface area (Å²) in [5, 5.41) is 8.72. The molecule has 0 aliphatic carbocycles. The molecule has 9 nitrogen and oxygen atoms in total. The molecule has 2 aromatic heterocycles. The van der Waals surface area contributed by atoms with E-state index in [1.165, 1.54) is 6.08 Å². The third-order valence-electron chi connectivity index (χ3n) is 8.08. The van der Waals surface area contributed by atoms with Crippen LogP contribution in [0.4, 0.5) is 0 Å². The number of hydrogen-bond acceptors (Lipinski definition) is 6. The third kappa shape index (κ3) is 4.59. The van der Waals surface area contributed by atoms with Gasteiger partial charge in [-0.25, -0.2) is 4.98 Å². The second kappa shape index (κ2) is 10.1. The number of carbonyl (C=O) groups excluding carboxylic acids is 1. The Balaban J connectivity index is 1.43. The van der Waals surface area contributed by atoms with Crippen molar-refractivity contribution in [1.82, 2.24) is 29.5 Å². The van der Waals surface area contributed by atoms with E-state index < -0.39 is 0 Å². The Morgan fingerprint density at radius 1 is 1.31 bits per heavy atom. The van der Waals surface area contributed by atoms with Gasteiger partial charge in [-0.1, -0.05) is 24.2 Å². The maximum absolute atomic E-state index is 13.7. The zero-order chi connectivity index (χ0) is 27.3. The van der Waals surface area contributed by atoms with E-state index in [0.29, 0.717) is 42.3 Å². The van der Waals surface area contributed by atoms with Crippen LogP contribution in [0, 0.1) is 12.8 Å². The molecule has 2 aliphatic rings. The molecule has 2 saturated heterocycles. The smallest absolute Gasteiger partial charge is 0.313 e. The largest absolute Gasteiger partial charge is 0.472 e. The first-order valence-electron chi connectivity index (χ1n) is 13.3. The summed E-state index contributed by atoms with van der Waals surface area (Å²) in [4.78, 5) is 34.3. The second-order valence-corrected chi connectivity index (χ2v) is 11.1. The first-order valence-corrected chi connectivity index (χ1v) is 13.6. The molecular weight excluding hydrogens is 516 g/mol. The molecule has 0 saturated carbocycles. The Bertz CT molecular complexity index is 1650. The van der Waals surface area contributed by atoms with Gasteiger partial charge in [-0.3, -0.25) is 14.7 Å². The molecule has 0 bridgehead atoms. The number of fused-ring (bicyclic) bond motifs is 2. The highest BCUT2D eigenvalue weighted by Crippen LogP contribution is 2.38. The normalized spacial score (nSPS) is 18.1. The molecular formula is C29H31ClN6O3. The van der Waals surface area contributed by atoms with Crippen molar-refractivity contribution in [3.8, 4) is 17.0 Å². The van der Waals surface area contributed by atoms with Crippen molar-refractivity contribution in [2.45, 2.75) is 32.4 Å². The van der Waals surface area contributed by atoms with Gasteiger partial charge in [0.1, 0.15) is 6.61 Å². The molecule has 39 heavy (non-hydrogen) atoms. The van der Waals surface area contributed by atoms with Crippen LogP contribution in [0.15, 0.2) is 47.9 Å². The number of benzene rings is 2. The summed E-state index contributed by atoms with van der Waals surface area (Å²) >= 11 is 6.90. The molecule has 2 fully saturated rings. The summed E-state index contributed by atoms with van der Waals surface area (Å²) in [7, 11) is 2.08. The van der Waals surface area contributed by atoms with Gasteiger partial charge in [0.2, 0.25) is 5.91 Å². The SMILES string of the molecule is C=CC(=O)N1CC(Cn2c(=O)c(OC[C@@H]3CCCN3C)nc3cc(-c4c(C)ccc5[nH]ncc45)c(Cl)cc32)C1. The molecule has 202 valence electrons. The van der Waals surface area contributed by atoms with E-state index in [9.17, 15) is 9.59 Å². The molecule has 2 aromatic carbocycles. The Kier molecular flexibility index (Phi) is 6.64. The average molecular weight is 547 g/mol. The molecule has 6 rings (SSSR count). The van der Waals surface area contributed by atoms with E-state index in [1.54, 1.807) is 15.7 Å². The van der Waals surface area contributed by atoms with Gasteiger partial charge in [0.05, 0.1) is 27.8 Å². The number of amides is 1. The standard InChI is InChI=1S/C29H31ClN6O3/c1-4-26(37)35-13-18(14-35)15-36-25-11-22(30)20(27-17(2)7-8-23-21(27)12-31-33-23)10-24(25)32-28(29(36)38)39-16-19-6-5-9-34(19)3/h4,7-8,10-12,18-19H,1,5-6,9,13-16H2,2-3H3,(H,31,33)/t19-/m0/s1. The van der Waals surface area contributed by atoms with Crippen molar-refractivity contribution < 1.29 is 9.53 Å². The van der Waals surface area contributed by atoms with Crippen LogP contribution < -0.4 is 10.3 Å². The van der Waals surface area contributed by atoms with Crippen molar-refractivity contribution in [3.05, 3.63) is 64.1 Å². The number of nitrogens with one attached hydrogen (secondary N) is 1. The van der Waals surface area contributed by atoms with Crippen LogP contribution in [-0.4, -0.2) is 74.8 Å². The summed E-state index contributed by atoms with van der Waals surface area (Å²) in [6, 6.07) is 8.04. The summed E-state index contributed by atoms with van der Waals surface area (Å²) in [6.45, 7) is 8.60. The van der Waals surface area contributed by atoms with Crippen LogP contribution in [0.3, 0.4) is 0 Å². The van der Waals surface area contributed by atoms with Crippen LogP contribution in [0.5, 0.6) is 5.88 Å². The number of H-pyrrole nitrogens is 1. The fraction of sp³-hybridized carbons (Fsp3) is 0.379. The van der Waals surface area contributed by atoms with Crippen molar-refractivity contribution in [2.24, 2.45) is 5.92 Å². The summed E-state index contributed by atoms with van der Waals surface area (Å²) in [6.07, 6.45) is 5.26.